The maximum Gasteiger partial charge on any atom is 0.184 e. The van der Waals surface area contributed by atoms with Crippen LogP contribution in [-0.4, -0.2) is 20.2 Å². The third kappa shape index (κ3) is 2.77. The second-order valence-corrected chi connectivity index (χ2v) is 6.24. The molecule has 1 aliphatic rings. The summed E-state index contributed by atoms with van der Waals surface area (Å²) in [6.07, 6.45) is 5.25. The zero-order valence-electron chi connectivity index (χ0n) is 12.8. The maximum atomic E-state index is 6.19. The molecular formula is C16H23N5. The molecule has 0 bridgehead atoms. The minimum Gasteiger partial charge on any atom is -0.398 e. The highest BCUT2D eigenvalue weighted by Gasteiger charge is 2.24. The lowest BCUT2D eigenvalue weighted by Crippen LogP contribution is -2.23. The summed E-state index contributed by atoms with van der Waals surface area (Å²) >= 11 is 0. The Morgan fingerprint density at radius 1 is 1.29 bits per heavy atom. The second-order valence-electron chi connectivity index (χ2n) is 6.24. The summed E-state index contributed by atoms with van der Waals surface area (Å²) in [5, 5.41) is 12.3. The molecule has 0 spiro atoms. The first-order valence-corrected chi connectivity index (χ1v) is 7.78. The van der Waals surface area contributed by atoms with Gasteiger partial charge in [-0.05, 0) is 47.2 Å². The molecule has 21 heavy (non-hydrogen) atoms. The molecule has 1 fully saturated rings. The van der Waals surface area contributed by atoms with Crippen LogP contribution in [0.25, 0.3) is 11.4 Å². The van der Waals surface area contributed by atoms with Crippen molar-refractivity contribution in [1.29, 1.82) is 0 Å². The zero-order valence-corrected chi connectivity index (χ0v) is 12.8. The largest absolute Gasteiger partial charge is 0.398 e. The number of para-hydroxylation sites is 1. The number of anilines is 1. The van der Waals surface area contributed by atoms with Crippen LogP contribution in [0.2, 0.25) is 0 Å². The zero-order chi connectivity index (χ0) is 14.8. The second kappa shape index (κ2) is 5.84. The molecule has 1 aromatic heterocycles. The number of tetrazole rings is 1. The van der Waals surface area contributed by atoms with Crippen LogP contribution in [0.5, 0.6) is 0 Å². The first kappa shape index (κ1) is 14.0. The third-order valence-electron chi connectivity index (χ3n) is 4.79. The monoisotopic (exact) mass is 285 g/mol. The quantitative estimate of drug-likeness (QED) is 0.880. The van der Waals surface area contributed by atoms with E-state index < -0.39 is 0 Å². The summed E-state index contributed by atoms with van der Waals surface area (Å²) in [6, 6.07) is 6.01. The Kier molecular flexibility index (Phi) is 3.90. The van der Waals surface area contributed by atoms with Gasteiger partial charge in [0.1, 0.15) is 0 Å². The highest BCUT2D eigenvalue weighted by molar-refractivity contribution is 5.73. The fourth-order valence-corrected chi connectivity index (χ4v) is 3.28. The molecule has 0 amide bonds. The van der Waals surface area contributed by atoms with E-state index in [1.807, 2.05) is 29.8 Å². The number of hydrogen-bond acceptors (Lipinski definition) is 4. The van der Waals surface area contributed by atoms with Crippen molar-refractivity contribution in [3.8, 4) is 11.4 Å². The highest BCUT2D eigenvalue weighted by Crippen LogP contribution is 2.32. The summed E-state index contributed by atoms with van der Waals surface area (Å²) in [4.78, 5) is 0. The standard InChI is InChI=1S/C16H23N5/c1-11-6-3-4-8-13(11)10-21-16(18-19-20-21)14-9-5-7-12(2)15(14)17/h5,7,9,11,13H,3-4,6,8,10,17H2,1-2H3. The Bertz CT molecular complexity index is 619. The van der Waals surface area contributed by atoms with Crippen molar-refractivity contribution in [3.63, 3.8) is 0 Å². The predicted octanol–water partition coefficient (Wildman–Crippen LogP) is 3.06. The highest BCUT2D eigenvalue weighted by atomic mass is 15.5. The number of rotatable bonds is 3. The van der Waals surface area contributed by atoms with Gasteiger partial charge in [-0.1, -0.05) is 38.3 Å². The number of nitrogens with two attached hydrogens (primary N) is 1. The minimum atomic E-state index is 0.659. The van der Waals surface area contributed by atoms with Gasteiger partial charge in [-0.3, -0.25) is 0 Å². The summed E-state index contributed by atoms with van der Waals surface area (Å²) in [6.45, 7) is 5.24. The molecule has 5 nitrogen and oxygen atoms in total. The normalized spacial score (nSPS) is 22.4. The summed E-state index contributed by atoms with van der Waals surface area (Å²) in [5.41, 5.74) is 8.96. The average Bonchev–Trinajstić information content (AvgIpc) is 2.92. The van der Waals surface area contributed by atoms with Crippen LogP contribution >= 0.6 is 0 Å². The lowest BCUT2D eigenvalue weighted by Gasteiger charge is -2.28. The number of aryl methyl sites for hydroxylation is 1. The van der Waals surface area contributed by atoms with Crippen LogP contribution < -0.4 is 5.73 Å². The Morgan fingerprint density at radius 2 is 2.10 bits per heavy atom. The lowest BCUT2D eigenvalue weighted by molar-refractivity contribution is 0.221. The van der Waals surface area contributed by atoms with Crippen LogP contribution in [0.15, 0.2) is 18.2 Å². The number of hydrogen-bond donors (Lipinski definition) is 1. The van der Waals surface area contributed by atoms with E-state index in [4.69, 9.17) is 5.73 Å². The van der Waals surface area contributed by atoms with Crippen molar-refractivity contribution >= 4 is 5.69 Å². The molecule has 5 heteroatoms. The first-order chi connectivity index (χ1) is 10.2. The SMILES string of the molecule is Cc1cccc(-c2nnnn2CC2CCCCC2C)c1N. The third-order valence-corrected chi connectivity index (χ3v) is 4.79. The van der Waals surface area contributed by atoms with E-state index in [2.05, 4.69) is 22.4 Å². The molecule has 1 heterocycles. The molecule has 3 rings (SSSR count). The van der Waals surface area contributed by atoms with Crippen LogP contribution in [0.3, 0.4) is 0 Å². The van der Waals surface area contributed by atoms with Crippen LogP contribution in [-0.2, 0) is 6.54 Å². The smallest absolute Gasteiger partial charge is 0.184 e. The van der Waals surface area contributed by atoms with E-state index in [0.717, 1.165) is 35.1 Å². The number of aromatic nitrogens is 4. The Labute approximate surface area is 125 Å². The Hall–Kier alpha value is -1.91. The summed E-state index contributed by atoms with van der Waals surface area (Å²) < 4.78 is 1.93. The van der Waals surface area contributed by atoms with E-state index in [9.17, 15) is 0 Å². The van der Waals surface area contributed by atoms with Crippen molar-refractivity contribution in [2.75, 3.05) is 5.73 Å². The molecule has 2 atom stereocenters. The lowest BCUT2D eigenvalue weighted by atomic mass is 9.80. The van der Waals surface area contributed by atoms with E-state index in [-0.39, 0.29) is 0 Å². The van der Waals surface area contributed by atoms with E-state index in [1.54, 1.807) is 0 Å². The van der Waals surface area contributed by atoms with Gasteiger partial charge in [0.25, 0.3) is 0 Å². The molecule has 2 aromatic rings. The molecule has 0 radical (unpaired) electrons. The molecule has 0 aliphatic heterocycles. The molecule has 2 unspecified atom stereocenters. The van der Waals surface area contributed by atoms with Gasteiger partial charge in [-0.25, -0.2) is 4.68 Å². The minimum absolute atomic E-state index is 0.659. The van der Waals surface area contributed by atoms with Gasteiger partial charge in [-0.15, -0.1) is 5.10 Å². The van der Waals surface area contributed by atoms with Gasteiger partial charge in [-0.2, -0.15) is 0 Å². The molecule has 112 valence electrons. The molecule has 2 N–H and O–H groups in total. The summed E-state index contributed by atoms with van der Waals surface area (Å²) in [5.74, 6) is 2.19. The molecule has 1 saturated carbocycles. The van der Waals surface area contributed by atoms with Gasteiger partial charge >= 0.3 is 0 Å². The van der Waals surface area contributed by atoms with Gasteiger partial charge < -0.3 is 5.73 Å². The van der Waals surface area contributed by atoms with E-state index >= 15 is 0 Å². The fraction of sp³-hybridized carbons (Fsp3) is 0.562. The maximum absolute atomic E-state index is 6.19. The fourth-order valence-electron chi connectivity index (χ4n) is 3.28. The Morgan fingerprint density at radius 3 is 2.90 bits per heavy atom. The molecule has 0 saturated heterocycles. The van der Waals surface area contributed by atoms with Crippen LogP contribution in [0.1, 0.15) is 38.2 Å². The van der Waals surface area contributed by atoms with Gasteiger partial charge in [0.05, 0.1) is 0 Å². The topological polar surface area (TPSA) is 69.6 Å². The number of nitrogens with zero attached hydrogens (tertiary/aromatic N) is 4. The van der Waals surface area contributed by atoms with Gasteiger partial charge in [0.15, 0.2) is 5.82 Å². The molecular weight excluding hydrogens is 262 g/mol. The average molecular weight is 285 g/mol. The van der Waals surface area contributed by atoms with Crippen molar-refractivity contribution in [2.24, 2.45) is 11.8 Å². The van der Waals surface area contributed by atoms with Gasteiger partial charge in [0.2, 0.25) is 0 Å². The first-order valence-electron chi connectivity index (χ1n) is 7.78. The van der Waals surface area contributed by atoms with Gasteiger partial charge in [0, 0.05) is 17.8 Å². The van der Waals surface area contributed by atoms with Crippen molar-refractivity contribution in [1.82, 2.24) is 20.2 Å². The molecule has 1 aliphatic carbocycles. The Balaban J connectivity index is 1.88. The number of nitrogen functional groups attached to an aromatic ring is 1. The predicted molar refractivity (Wildman–Crippen MR) is 83.5 cm³/mol. The van der Waals surface area contributed by atoms with Crippen molar-refractivity contribution in [2.45, 2.75) is 46.1 Å². The number of benzene rings is 1. The van der Waals surface area contributed by atoms with Crippen LogP contribution in [0.4, 0.5) is 5.69 Å². The van der Waals surface area contributed by atoms with Crippen molar-refractivity contribution in [3.05, 3.63) is 23.8 Å². The van der Waals surface area contributed by atoms with E-state index in [0.29, 0.717) is 5.92 Å². The van der Waals surface area contributed by atoms with E-state index in [1.165, 1.54) is 25.7 Å². The summed E-state index contributed by atoms with van der Waals surface area (Å²) in [7, 11) is 0. The van der Waals surface area contributed by atoms with Crippen molar-refractivity contribution < 1.29 is 0 Å². The molecule has 1 aromatic carbocycles. The van der Waals surface area contributed by atoms with Crippen LogP contribution in [0, 0.1) is 18.8 Å².